The van der Waals surface area contributed by atoms with Crippen molar-refractivity contribution in [2.75, 3.05) is 18.0 Å². The van der Waals surface area contributed by atoms with Crippen LogP contribution in [0.5, 0.6) is 0 Å². The molecule has 3 rings (SSSR count). The second-order valence-corrected chi connectivity index (χ2v) is 5.01. The van der Waals surface area contributed by atoms with Crippen LogP contribution in [-0.4, -0.2) is 32.8 Å². The van der Waals surface area contributed by atoms with E-state index < -0.39 is 0 Å². The monoisotopic (exact) mass is 293 g/mol. The molecule has 1 unspecified atom stereocenters. The Hall–Kier alpha value is -1.43. The van der Waals surface area contributed by atoms with E-state index >= 15 is 0 Å². The molecule has 0 N–H and O–H groups in total. The van der Waals surface area contributed by atoms with E-state index in [-0.39, 0.29) is 0 Å². The maximum Gasteiger partial charge on any atom is 0.147 e. The third-order valence-corrected chi connectivity index (χ3v) is 3.39. The smallest absolute Gasteiger partial charge is 0.147 e. The Kier molecular flexibility index (Phi) is 2.80. The van der Waals surface area contributed by atoms with Gasteiger partial charge in [-0.05, 0) is 22.4 Å². The lowest BCUT2D eigenvalue weighted by atomic mass is 10.3. The summed E-state index contributed by atoms with van der Waals surface area (Å²) < 4.78 is 3.04. The summed E-state index contributed by atoms with van der Waals surface area (Å²) in [4.78, 5) is 10.7. The highest BCUT2D eigenvalue weighted by atomic mass is 79.9. The molecule has 0 radical (unpaired) electrons. The van der Waals surface area contributed by atoms with Crippen LogP contribution in [0.15, 0.2) is 35.5 Å². The summed E-state index contributed by atoms with van der Waals surface area (Å²) in [5.74, 6) is 0.946. The number of anilines is 1. The van der Waals surface area contributed by atoms with Crippen LogP contribution in [0.4, 0.5) is 5.82 Å². The maximum atomic E-state index is 4.33. The van der Waals surface area contributed by atoms with Gasteiger partial charge in [-0.25, -0.2) is 4.98 Å². The highest BCUT2D eigenvalue weighted by molar-refractivity contribution is 9.10. The van der Waals surface area contributed by atoms with Gasteiger partial charge in [-0.1, -0.05) is 0 Å². The van der Waals surface area contributed by atoms with Gasteiger partial charge in [-0.2, -0.15) is 5.10 Å². The first kappa shape index (κ1) is 10.7. The van der Waals surface area contributed by atoms with Crippen LogP contribution < -0.4 is 4.90 Å². The first-order valence-electron chi connectivity index (χ1n) is 5.53. The van der Waals surface area contributed by atoms with E-state index in [1.54, 1.807) is 18.6 Å². The van der Waals surface area contributed by atoms with Crippen molar-refractivity contribution in [1.82, 2.24) is 19.7 Å². The molecule has 5 nitrogen and oxygen atoms in total. The fourth-order valence-electron chi connectivity index (χ4n) is 2.13. The minimum absolute atomic E-state index is 0.420. The van der Waals surface area contributed by atoms with Crippen molar-refractivity contribution in [3.8, 4) is 0 Å². The van der Waals surface area contributed by atoms with Crippen LogP contribution in [0.3, 0.4) is 0 Å². The average molecular weight is 294 g/mol. The molecule has 2 aromatic rings. The molecular formula is C11H12BrN5. The van der Waals surface area contributed by atoms with E-state index in [1.807, 2.05) is 17.1 Å². The van der Waals surface area contributed by atoms with E-state index in [0.717, 1.165) is 29.8 Å². The molecule has 0 spiro atoms. The summed E-state index contributed by atoms with van der Waals surface area (Å²) in [6, 6.07) is 0.420. The summed E-state index contributed by atoms with van der Waals surface area (Å²) in [5, 5.41) is 4.33. The highest BCUT2D eigenvalue weighted by Crippen LogP contribution is 2.25. The van der Waals surface area contributed by atoms with Crippen LogP contribution in [-0.2, 0) is 0 Å². The summed E-state index contributed by atoms with van der Waals surface area (Å²) in [6.45, 7) is 1.94. The van der Waals surface area contributed by atoms with Crippen molar-refractivity contribution in [3.05, 3.63) is 35.5 Å². The zero-order chi connectivity index (χ0) is 11.7. The first-order valence-corrected chi connectivity index (χ1v) is 6.33. The second kappa shape index (κ2) is 4.44. The minimum Gasteiger partial charge on any atom is -0.353 e. The van der Waals surface area contributed by atoms with Gasteiger partial charge in [-0.3, -0.25) is 9.67 Å². The highest BCUT2D eigenvalue weighted by Gasteiger charge is 2.25. The largest absolute Gasteiger partial charge is 0.353 e. The van der Waals surface area contributed by atoms with Gasteiger partial charge >= 0.3 is 0 Å². The SMILES string of the molecule is Brc1cnn(C2CCN(c3cnccn3)C2)c1. The minimum atomic E-state index is 0.420. The molecule has 0 aromatic carbocycles. The Labute approximate surface area is 108 Å². The number of rotatable bonds is 2. The summed E-state index contributed by atoms with van der Waals surface area (Å²) >= 11 is 3.42. The van der Waals surface area contributed by atoms with Gasteiger partial charge in [0.25, 0.3) is 0 Å². The van der Waals surface area contributed by atoms with Crippen LogP contribution in [0.2, 0.25) is 0 Å². The first-order chi connectivity index (χ1) is 8.33. The molecule has 17 heavy (non-hydrogen) atoms. The molecule has 1 saturated heterocycles. The van der Waals surface area contributed by atoms with Gasteiger partial charge in [0.1, 0.15) is 5.82 Å². The topological polar surface area (TPSA) is 46.8 Å². The standard InChI is InChI=1S/C11H12BrN5/c12-9-5-15-17(7-9)10-1-4-16(8-10)11-6-13-2-3-14-11/h2-3,5-7,10H,1,4,8H2. The van der Waals surface area contributed by atoms with Crippen LogP contribution in [0.25, 0.3) is 0 Å². The van der Waals surface area contributed by atoms with Crippen LogP contribution in [0.1, 0.15) is 12.5 Å². The molecule has 0 saturated carbocycles. The van der Waals surface area contributed by atoms with E-state index in [4.69, 9.17) is 0 Å². The fraction of sp³-hybridized carbons (Fsp3) is 0.364. The Balaban J connectivity index is 1.74. The van der Waals surface area contributed by atoms with Crippen molar-refractivity contribution >= 4 is 21.7 Å². The van der Waals surface area contributed by atoms with E-state index in [0.29, 0.717) is 6.04 Å². The molecule has 0 aliphatic carbocycles. The van der Waals surface area contributed by atoms with Crippen LogP contribution in [0, 0.1) is 0 Å². The molecule has 1 aliphatic heterocycles. The predicted octanol–water partition coefficient (Wildman–Crippen LogP) is 1.89. The molecule has 1 aliphatic rings. The molecule has 3 heterocycles. The van der Waals surface area contributed by atoms with Crippen molar-refractivity contribution in [3.63, 3.8) is 0 Å². The zero-order valence-corrected chi connectivity index (χ0v) is 10.8. The molecule has 0 amide bonds. The lowest BCUT2D eigenvalue weighted by Gasteiger charge is -2.16. The van der Waals surface area contributed by atoms with Gasteiger partial charge in [-0.15, -0.1) is 0 Å². The predicted molar refractivity (Wildman–Crippen MR) is 67.8 cm³/mol. The van der Waals surface area contributed by atoms with Gasteiger partial charge in [0.2, 0.25) is 0 Å². The van der Waals surface area contributed by atoms with Crippen molar-refractivity contribution in [2.24, 2.45) is 0 Å². The second-order valence-electron chi connectivity index (χ2n) is 4.09. The fourth-order valence-corrected chi connectivity index (χ4v) is 2.44. The Bertz CT molecular complexity index is 498. The molecule has 0 bridgehead atoms. The Morgan fingerprint density at radius 2 is 2.24 bits per heavy atom. The Morgan fingerprint density at radius 3 is 2.94 bits per heavy atom. The molecular weight excluding hydrogens is 282 g/mol. The summed E-state index contributed by atoms with van der Waals surface area (Å²) in [5.41, 5.74) is 0. The lowest BCUT2D eigenvalue weighted by molar-refractivity contribution is 0.494. The van der Waals surface area contributed by atoms with Crippen molar-refractivity contribution < 1.29 is 0 Å². The van der Waals surface area contributed by atoms with Gasteiger partial charge in [0.05, 0.1) is 22.9 Å². The van der Waals surface area contributed by atoms with Gasteiger partial charge < -0.3 is 4.90 Å². The van der Waals surface area contributed by atoms with Gasteiger partial charge in [0.15, 0.2) is 0 Å². The quantitative estimate of drug-likeness (QED) is 0.848. The number of nitrogens with zero attached hydrogens (tertiary/aromatic N) is 5. The average Bonchev–Trinajstić information content (AvgIpc) is 2.98. The maximum absolute atomic E-state index is 4.33. The summed E-state index contributed by atoms with van der Waals surface area (Å²) in [6.07, 6.45) is 10.2. The molecule has 6 heteroatoms. The van der Waals surface area contributed by atoms with E-state index in [1.165, 1.54) is 0 Å². The van der Waals surface area contributed by atoms with E-state index in [2.05, 4.69) is 35.9 Å². The number of halogens is 1. The third-order valence-electron chi connectivity index (χ3n) is 2.98. The number of aromatic nitrogens is 4. The third kappa shape index (κ3) is 2.17. The molecule has 1 fully saturated rings. The zero-order valence-electron chi connectivity index (χ0n) is 9.20. The van der Waals surface area contributed by atoms with Gasteiger partial charge in [0, 0.05) is 31.7 Å². The molecule has 88 valence electrons. The van der Waals surface area contributed by atoms with E-state index in [9.17, 15) is 0 Å². The Morgan fingerprint density at radius 1 is 1.29 bits per heavy atom. The van der Waals surface area contributed by atoms with Crippen LogP contribution >= 0.6 is 15.9 Å². The summed E-state index contributed by atoms with van der Waals surface area (Å²) in [7, 11) is 0. The van der Waals surface area contributed by atoms with Crippen molar-refractivity contribution in [2.45, 2.75) is 12.5 Å². The number of hydrogen-bond acceptors (Lipinski definition) is 4. The molecule has 2 aromatic heterocycles. The van der Waals surface area contributed by atoms with Crippen molar-refractivity contribution in [1.29, 1.82) is 0 Å². The normalized spacial score (nSPS) is 19.8. The lowest BCUT2D eigenvalue weighted by Crippen LogP contribution is -2.22. The number of hydrogen-bond donors (Lipinski definition) is 0. The molecule has 1 atom stereocenters.